The molecule has 0 radical (unpaired) electrons. The van der Waals surface area contributed by atoms with Crippen molar-refractivity contribution in [3.8, 4) is 0 Å². The lowest BCUT2D eigenvalue weighted by atomic mass is 9.95. The number of ketones is 3. The van der Waals surface area contributed by atoms with Gasteiger partial charge in [0.25, 0.3) is 0 Å². The van der Waals surface area contributed by atoms with Crippen molar-refractivity contribution in [2.24, 2.45) is 23.3 Å². The summed E-state index contributed by atoms with van der Waals surface area (Å²) in [7, 11) is 0. The topological polar surface area (TPSA) is 484 Å². The maximum atomic E-state index is 15.9. The zero-order chi connectivity index (χ0) is 57.6. The van der Waals surface area contributed by atoms with Crippen LogP contribution in [-0.4, -0.2) is 178 Å². The summed E-state index contributed by atoms with van der Waals surface area (Å²) in [5.41, 5.74) is 11.9. The summed E-state index contributed by atoms with van der Waals surface area (Å²) >= 11 is 0. The van der Waals surface area contributed by atoms with Crippen LogP contribution in [-0.2, 0) is 75.2 Å². The van der Waals surface area contributed by atoms with Gasteiger partial charge in [-0.2, -0.15) is 0 Å². The van der Waals surface area contributed by atoms with E-state index in [1.165, 1.54) is 12.4 Å². The molecule has 0 bridgehead atoms. The summed E-state index contributed by atoms with van der Waals surface area (Å²) in [6, 6.07) is -14.5. The number of nitrogens with zero attached hydrogens (tertiary/aromatic N) is 2. The third-order valence-electron chi connectivity index (χ3n) is 11.0. The molecule has 31 heteroatoms. The number of nitrogens with two attached hydrogens (primary N) is 2. The third kappa shape index (κ3) is 22.2. The number of alkyl halides is 2. The van der Waals surface area contributed by atoms with Crippen LogP contribution in [0.25, 0.3) is 0 Å². The zero-order valence-corrected chi connectivity index (χ0v) is 41.7. The lowest BCUT2D eigenvalue weighted by Gasteiger charge is -2.26. The van der Waals surface area contributed by atoms with Gasteiger partial charge in [-0.1, -0.05) is 27.7 Å². The van der Waals surface area contributed by atoms with Gasteiger partial charge >= 0.3 is 23.9 Å². The molecule has 2 rings (SSSR count). The number of halogens is 2. The maximum Gasteiger partial charge on any atom is 0.305 e. The van der Waals surface area contributed by atoms with Crippen molar-refractivity contribution in [1.82, 2.24) is 51.8 Å². The fraction of sp³-hybridized carbons (Fsp3) is 0.578. The van der Waals surface area contributed by atoms with Gasteiger partial charge in [-0.05, 0) is 37.5 Å². The summed E-state index contributed by atoms with van der Waals surface area (Å²) in [5, 5.41) is 50.5. The van der Waals surface area contributed by atoms with Crippen LogP contribution in [0.5, 0.6) is 0 Å². The quantitative estimate of drug-likeness (QED) is 0.0296. The van der Waals surface area contributed by atoms with Crippen molar-refractivity contribution >= 4 is 76.7 Å². The number of aromatic nitrogens is 4. The number of hydrogen-bond acceptors (Lipinski definition) is 17. The van der Waals surface area contributed by atoms with Gasteiger partial charge in [0.05, 0.1) is 49.0 Å². The number of hydrogen-bond donors (Lipinski definition) is 14. The van der Waals surface area contributed by atoms with Crippen LogP contribution in [0, 0.1) is 11.8 Å². The highest BCUT2D eigenvalue weighted by Crippen LogP contribution is 2.15. The standard InChI is InChI=1S/C45H64F2N12O17/c1-19(2)9-23(48)40(71)54-25(5-7-31(60)61)42(73)58-29(11-21-15-50-17-52-21)44(75)56-27(13-33(64)65)37(68)35(46)39(70)36(47)38(69)28(14-34(66)67)57-45(76)30(12-22-16-51-18-53-22)59-43(74)26(6-8-32(62)63)55-41(72)24(49)10-20(3)4/h15-20,23-30,35-36H,5-14,48-49H2,1-4H3,(H,50,52)(H,51,53)(H,54,71)(H,55,72)(H,56,75)(H,57,76)(H,58,73)(H,59,74)(H,60,61)(H,62,63)(H,64,65)(H,66,67)/t23-,24-,25-,26-,27-,28-,29-,30-,35?,36?/m0/s1. The zero-order valence-electron chi connectivity index (χ0n) is 41.7. The van der Waals surface area contributed by atoms with E-state index in [0.29, 0.717) is 0 Å². The Labute approximate surface area is 431 Å². The molecule has 0 saturated heterocycles. The first kappa shape index (κ1) is 64.0. The molecule has 0 aliphatic rings. The number of nitrogens with one attached hydrogen (secondary N) is 8. The van der Waals surface area contributed by atoms with Crippen molar-refractivity contribution in [2.75, 3.05) is 0 Å². The highest BCUT2D eigenvalue weighted by atomic mass is 19.1. The number of carbonyl (C=O) groups excluding carboxylic acids is 9. The fourth-order valence-corrected chi connectivity index (χ4v) is 7.15. The minimum absolute atomic E-state index is 0.0352. The summed E-state index contributed by atoms with van der Waals surface area (Å²) in [5.74, 6) is -20.7. The highest BCUT2D eigenvalue weighted by molar-refractivity contribution is 6.18. The average Bonchev–Trinajstić information content (AvgIpc) is 4.06. The van der Waals surface area contributed by atoms with Gasteiger partial charge in [0, 0.05) is 38.1 Å². The summed E-state index contributed by atoms with van der Waals surface area (Å²) in [6.07, 6.45) is -9.14. The van der Waals surface area contributed by atoms with Gasteiger partial charge in [0.15, 0.2) is 11.6 Å². The molecule has 0 spiro atoms. The minimum Gasteiger partial charge on any atom is -0.481 e. The Morgan fingerprint density at radius 2 is 0.776 bits per heavy atom. The van der Waals surface area contributed by atoms with Crippen LogP contribution in [0.3, 0.4) is 0 Å². The average molecular weight is 1080 g/mol. The third-order valence-corrected chi connectivity index (χ3v) is 11.0. The van der Waals surface area contributed by atoms with E-state index in [1.807, 2.05) is 10.6 Å². The van der Waals surface area contributed by atoms with E-state index in [2.05, 4.69) is 41.2 Å². The Bertz CT molecular complexity index is 2230. The number of H-pyrrole nitrogens is 2. The number of imidazole rings is 2. The van der Waals surface area contributed by atoms with Crippen molar-refractivity contribution in [2.45, 2.75) is 153 Å². The molecule has 2 heterocycles. The van der Waals surface area contributed by atoms with Crippen LogP contribution >= 0.6 is 0 Å². The molecule has 16 N–H and O–H groups in total. The van der Waals surface area contributed by atoms with E-state index in [9.17, 15) is 82.8 Å². The molecule has 0 aliphatic heterocycles. The van der Waals surface area contributed by atoms with Crippen molar-refractivity contribution in [3.63, 3.8) is 0 Å². The first-order chi connectivity index (χ1) is 35.5. The lowest BCUT2D eigenvalue weighted by molar-refractivity contribution is -0.148. The molecule has 2 aromatic rings. The second-order valence-electron chi connectivity index (χ2n) is 18.4. The van der Waals surface area contributed by atoms with Crippen molar-refractivity contribution in [3.05, 3.63) is 36.4 Å². The van der Waals surface area contributed by atoms with Crippen LogP contribution < -0.4 is 43.4 Å². The SMILES string of the molecule is CC(C)C[C@H](N)C(=O)N[C@@H](CCC(=O)O)C(=O)N[C@@H](Cc1c[nH]cn1)C(=O)N[C@@H](CC(=O)O)C(=O)C(F)C(=O)C(F)C(=O)[C@H](CC(=O)O)NC(=O)[C@H](Cc1c[nH]cn1)NC(=O)[C@H](CCC(=O)O)NC(=O)[C@@H](N)CC(C)C. The number of aliphatic carboxylic acids is 4. The largest absolute Gasteiger partial charge is 0.481 e. The van der Waals surface area contributed by atoms with Gasteiger partial charge in [-0.3, -0.25) is 62.3 Å². The molecule has 0 fully saturated rings. The number of aromatic amines is 2. The molecule has 2 aromatic heterocycles. The first-order valence-corrected chi connectivity index (χ1v) is 23.6. The molecule has 0 aliphatic carbocycles. The number of amides is 6. The second-order valence-corrected chi connectivity index (χ2v) is 18.4. The van der Waals surface area contributed by atoms with E-state index < -0.39 is 189 Å². The molecule has 29 nitrogen and oxygen atoms in total. The van der Waals surface area contributed by atoms with Crippen LogP contribution in [0.2, 0.25) is 0 Å². The van der Waals surface area contributed by atoms with Gasteiger partial charge in [0.1, 0.15) is 36.3 Å². The number of carbonyl (C=O) groups is 13. The van der Waals surface area contributed by atoms with E-state index in [4.69, 9.17) is 11.5 Å². The molecule has 0 saturated carbocycles. The molecule has 2 unspecified atom stereocenters. The van der Waals surface area contributed by atoms with Crippen LogP contribution in [0.15, 0.2) is 25.0 Å². The molecule has 76 heavy (non-hydrogen) atoms. The lowest BCUT2D eigenvalue weighted by Crippen LogP contribution is -2.59. The van der Waals surface area contributed by atoms with E-state index in [0.717, 1.165) is 12.7 Å². The second kappa shape index (κ2) is 30.9. The summed E-state index contributed by atoms with van der Waals surface area (Å²) < 4.78 is 31.8. The Morgan fingerprint density at radius 1 is 0.474 bits per heavy atom. The number of carboxylic acids is 4. The molecule has 0 aromatic carbocycles. The Kier molecular flexibility index (Phi) is 26.1. The minimum atomic E-state index is -3.78. The van der Waals surface area contributed by atoms with E-state index in [1.54, 1.807) is 27.7 Å². The normalized spacial score (nSPS) is 15.2. The van der Waals surface area contributed by atoms with Crippen LogP contribution in [0.1, 0.15) is 90.4 Å². The Hall–Kier alpha value is -8.09. The van der Waals surface area contributed by atoms with E-state index in [-0.39, 0.29) is 36.1 Å². The number of carboxylic acid groups (broad SMARTS) is 4. The monoisotopic (exact) mass is 1080 g/mol. The summed E-state index contributed by atoms with van der Waals surface area (Å²) in [6.45, 7) is 6.99. The molecule has 10 atom stereocenters. The van der Waals surface area contributed by atoms with E-state index >= 15 is 8.78 Å². The Balaban J connectivity index is 2.43. The molecule has 420 valence electrons. The van der Waals surface area contributed by atoms with Gasteiger partial charge in [-0.15, -0.1) is 0 Å². The first-order valence-electron chi connectivity index (χ1n) is 23.6. The number of Topliss-reactive ketones (excluding diaryl/α,β-unsaturated/α-hetero) is 3. The fourth-order valence-electron chi connectivity index (χ4n) is 7.15. The van der Waals surface area contributed by atoms with Gasteiger partial charge in [0.2, 0.25) is 53.6 Å². The predicted octanol–water partition coefficient (Wildman–Crippen LogP) is -3.36. The molecule has 6 amide bonds. The van der Waals surface area contributed by atoms with Crippen molar-refractivity contribution < 1.29 is 91.5 Å². The smallest absolute Gasteiger partial charge is 0.305 e. The van der Waals surface area contributed by atoms with Gasteiger partial charge in [-0.25, -0.2) is 18.7 Å². The molecular weight excluding hydrogens is 1020 g/mol. The highest BCUT2D eigenvalue weighted by Gasteiger charge is 2.44. The maximum absolute atomic E-state index is 15.9. The van der Waals surface area contributed by atoms with Crippen LogP contribution in [0.4, 0.5) is 8.78 Å². The predicted molar refractivity (Wildman–Crippen MR) is 254 cm³/mol. The van der Waals surface area contributed by atoms with Gasteiger partial charge < -0.3 is 73.8 Å². The molecular formula is C45H64F2N12O17. The summed E-state index contributed by atoms with van der Waals surface area (Å²) in [4.78, 5) is 180. The number of rotatable bonds is 36. The van der Waals surface area contributed by atoms with Crippen molar-refractivity contribution in [1.29, 1.82) is 0 Å². The Morgan fingerprint density at radius 3 is 1.05 bits per heavy atom.